The van der Waals surface area contributed by atoms with Crippen molar-refractivity contribution in [1.82, 2.24) is 15.3 Å². The summed E-state index contributed by atoms with van der Waals surface area (Å²) in [5, 5.41) is 6.19. The van der Waals surface area contributed by atoms with Crippen molar-refractivity contribution in [3.63, 3.8) is 0 Å². The van der Waals surface area contributed by atoms with E-state index in [-0.39, 0.29) is 11.4 Å². The maximum absolute atomic E-state index is 12.3. The molecule has 2 aromatic rings. The Hall–Kier alpha value is -2.63. The van der Waals surface area contributed by atoms with Crippen molar-refractivity contribution in [1.29, 1.82) is 0 Å². The first kappa shape index (κ1) is 19.7. The fraction of sp³-hybridized carbons (Fsp3) is 0.450. The van der Waals surface area contributed by atoms with Crippen molar-refractivity contribution < 1.29 is 4.79 Å². The topological polar surface area (TPSA) is 70.2 Å². The summed E-state index contributed by atoms with van der Waals surface area (Å²) < 4.78 is 0. The molecule has 1 heterocycles. The second-order valence-electron chi connectivity index (χ2n) is 7.29. The summed E-state index contributed by atoms with van der Waals surface area (Å²) in [6.07, 6.45) is 1.40. The normalized spacial score (nSPS) is 11.2. The number of carbonyl (C=O) groups excluding carboxylic acids is 1. The van der Waals surface area contributed by atoms with E-state index >= 15 is 0 Å². The van der Waals surface area contributed by atoms with Gasteiger partial charge in [0.2, 0.25) is 0 Å². The van der Waals surface area contributed by atoms with Crippen LogP contribution in [0.4, 0.5) is 17.2 Å². The molecular weight excluding hydrogens is 326 g/mol. The van der Waals surface area contributed by atoms with Crippen LogP contribution in [0.25, 0.3) is 0 Å². The minimum atomic E-state index is -0.313. The first-order valence-corrected chi connectivity index (χ1v) is 9.00. The smallest absolute Gasteiger partial charge is 0.270 e. The molecule has 0 unspecified atom stereocenters. The van der Waals surface area contributed by atoms with Gasteiger partial charge in [-0.25, -0.2) is 9.97 Å². The van der Waals surface area contributed by atoms with Gasteiger partial charge < -0.3 is 15.5 Å². The number of aryl methyl sites for hydroxylation is 1. The van der Waals surface area contributed by atoms with E-state index in [0.29, 0.717) is 11.5 Å². The summed E-state index contributed by atoms with van der Waals surface area (Å²) >= 11 is 0. The van der Waals surface area contributed by atoms with Crippen LogP contribution in [-0.4, -0.2) is 34.5 Å². The standard InChI is InChI=1S/C20H29N5O/c1-7-25(8-2)15-9-10-16(14(3)11-15)23-18-12-17(21-13-22-18)19(26)24-20(4,5)6/h9-13H,7-8H2,1-6H3,(H,24,26)(H,21,22,23). The fourth-order valence-corrected chi connectivity index (χ4v) is 2.67. The lowest BCUT2D eigenvalue weighted by atomic mass is 10.1. The minimum absolute atomic E-state index is 0.212. The molecule has 140 valence electrons. The largest absolute Gasteiger partial charge is 0.372 e. The highest BCUT2D eigenvalue weighted by Gasteiger charge is 2.17. The highest BCUT2D eigenvalue weighted by molar-refractivity contribution is 5.93. The summed E-state index contributed by atoms with van der Waals surface area (Å²) in [4.78, 5) is 22.9. The van der Waals surface area contributed by atoms with Crippen LogP contribution in [0, 0.1) is 6.92 Å². The van der Waals surface area contributed by atoms with E-state index in [4.69, 9.17) is 0 Å². The number of hydrogen-bond acceptors (Lipinski definition) is 5. The van der Waals surface area contributed by atoms with Gasteiger partial charge in [0.1, 0.15) is 17.8 Å². The average molecular weight is 355 g/mol. The molecule has 0 aliphatic heterocycles. The molecule has 6 nitrogen and oxygen atoms in total. The summed E-state index contributed by atoms with van der Waals surface area (Å²) in [6.45, 7) is 14.1. The van der Waals surface area contributed by atoms with Crippen molar-refractivity contribution in [3.8, 4) is 0 Å². The molecule has 0 radical (unpaired) electrons. The summed E-state index contributed by atoms with van der Waals surface area (Å²) in [7, 11) is 0. The highest BCUT2D eigenvalue weighted by Crippen LogP contribution is 2.25. The molecule has 0 bridgehead atoms. The van der Waals surface area contributed by atoms with E-state index in [1.807, 2.05) is 26.8 Å². The summed E-state index contributed by atoms with van der Waals surface area (Å²) in [5.74, 6) is 0.384. The number of nitrogens with one attached hydrogen (secondary N) is 2. The van der Waals surface area contributed by atoms with Gasteiger partial charge in [-0.3, -0.25) is 4.79 Å². The van der Waals surface area contributed by atoms with Crippen LogP contribution in [0.2, 0.25) is 0 Å². The van der Waals surface area contributed by atoms with Crippen LogP contribution < -0.4 is 15.5 Å². The molecule has 0 fully saturated rings. The summed E-state index contributed by atoms with van der Waals surface area (Å²) in [6, 6.07) is 7.96. The monoisotopic (exact) mass is 355 g/mol. The van der Waals surface area contributed by atoms with Gasteiger partial charge in [-0.2, -0.15) is 0 Å². The minimum Gasteiger partial charge on any atom is -0.372 e. The van der Waals surface area contributed by atoms with Gasteiger partial charge in [-0.05, 0) is 65.3 Å². The molecule has 0 spiro atoms. The van der Waals surface area contributed by atoms with E-state index in [1.165, 1.54) is 12.0 Å². The van der Waals surface area contributed by atoms with Crippen LogP contribution in [0.3, 0.4) is 0 Å². The van der Waals surface area contributed by atoms with Crippen LogP contribution in [0.15, 0.2) is 30.6 Å². The third-order valence-corrected chi connectivity index (χ3v) is 3.99. The number of nitrogens with zero attached hydrogens (tertiary/aromatic N) is 3. The van der Waals surface area contributed by atoms with Crippen molar-refractivity contribution in [2.24, 2.45) is 0 Å². The van der Waals surface area contributed by atoms with Crippen LogP contribution >= 0.6 is 0 Å². The molecule has 2 rings (SSSR count). The van der Waals surface area contributed by atoms with E-state index in [9.17, 15) is 4.79 Å². The second-order valence-corrected chi connectivity index (χ2v) is 7.29. The van der Waals surface area contributed by atoms with Gasteiger partial charge in [-0.15, -0.1) is 0 Å². The highest BCUT2D eigenvalue weighted by atomic mass is 16.2. The second kappa shape index (κ2) is 8.17. The molecule has 1 aromatic carbocycles. The zero-order valence-electron chi connectivity index (χ0n) is 16.6. The molecule has 2 N–H and O–H groups in total. The van der Waals surface area contributed by atoms with Crippen LogP contribution in [0.1, 0.15) is 50.7 Å². The lowest BCUT2D eigenvalue weighted by Gasteiger charge is -2.22. The first-order chi connectivity index (χ1) is 12.2. The Labute approximate surface area is 156 Å². The molecule has 0 aliphatic carbocycles. The molecule has 1 aromatic heterocycles. The number of benzene rings is 1. The molecule has 0 aliphatic rings. The maximum atomic E-state index is 12.3. The van der Waals surface area contributed by atoms with Crippen molar-refractivity contribution in [2.75, 3.05) is 23.3 Å². The maximum Gasteiger partial charge on any atom is 0.270 e. The molecular formula is C20H29N5O. The van der Waals surface area contributed by atoms with Crippen molar-refractivity contribution in [3.05, 3.63) is 41.9 Å². The molecule has 6 heteroatoms. The molecule has 0 saturated heterocycles. The van der Waals surface area contributed by atoms with Gasteiger partial charge in [0.25, 0.3) is 5.91 Å². The van der Waals surface area contributed by atoms with Gasteiger partial charge in [0.05, 0.1) is 0 Å². The number of aromatic nitrogens is 2. The average Bonchev–Trinajstić information content (AvgIpc) is 2.57. The SMILES string of the molecule is CCN(CC)c1ccc(Nc2cc(C(=O)NC(C)(C)C)ncn2)c(C)c1. The predicted octanol–water partition coefficient (Wildman–Crippen LogP) is 3.90. The van der Waals surface area contributed by atoms with Gasteiger partial charge in [0.15, 0.2) is 0 Å². The number of rotatable bonds is 6. The van der Waals surface area contributed by atoms with Crippen LogP contribution in [-0.2, 0) is 0 Å². The van der Waals surface area contributed by atoms with E-state index in [0.717, 1.165) is 24.3 Å². The van der Waals surface area contributed by atoms with Gasteiger partial charge >= 0.3 is 0 Å². The Balaban J connectivity index is 2.19. The number of carbonyl (C=O) groups is 1. The molecule has 0 saturated carbocycles. The lowest BCUT2D eigenvalue weighted by molar-refractivity contribution is 0.0914. The molecule has 1 amide bonds. The Morgan fingerprint density at radius 2 is 1.81 bits per heavy atom. The lowest BCUT2D eigenvalue weighted by Crippen LogP contribution is -2.40. The molecule has 0 atom stereocenters. The molecule has 26 heavy (non-hydrogen) atoms. The fourth-order valence-electron chi connectivity index (χ4n) is 2.67. The quantitative estimate of drug-likeness (QED) is 0.822. The Morgan fingerprint density at radius 3 is 2.38 bits per heavy atom. The first-order valence-electron chi connectivity index (χ1n) is 9.00. The van der Waals surface area contributed by atoms with Gasteiger partial charge in [0, 0.05) is 36.1 Å². The number of amides is 1. The van der Waals surface area contributed by atoms with Crippen molar-refractivity contribution >= 4 is 23.1 Å². The van der Waals surface area contributed by atoms with E-state index < -0.39 is 0 Å². The third kappa shape index (κ3) is 5.18. The third-order valence-electron chi connectivity index (χ3n) is 3.99. The Kier molecular flexibility index (Phi) is 6.18. The number of anilines is 3. The Bertz CT molecular complexity index is 763. The zero-order valence-corrected chi connectivity index (χ0v) is 16.6. The van der Waals surface area contributed by atoms with E-state index in [1.54, 1.807) is 6.07 Å². The Morgan fingerprint density at radius 1 is 1.12 bits per heavy atom. The summed E-state index contributed by atoms with van der Waals surface area (Å²) in [5.41, 5.74) is 3.31. The zero-order chi connectivity index (χ0) is 19.3. The van der Waals surface area contributed by atoms with E-state index in [2.05, 4.69) is 58.4 Å². The van der Waals surface area contributed by atoms with Gasteiger partial charge in [-0.1, -0.05) is 0 Å². The predicted molar refractivity (Wildman–Crippen MR) is 107 cm³/mol. The number of hydrogen-bond donors (Lipinski definition) is 2. The van der Waals surface area contributed by atoms with Crippen molar-refractivity contribution in [2.45, 2.75) is 47.1 Å². The van der Waals surface area contributed by atoms with Crippen LogP contribution in [0.5, 0.6) is 0 Å².